The molecule has 0 saturated heterocycles. The third-order valence-electron chi connectivity index (χ3n) is 4.33. The van der Waals surface area contributed by atoms with Gasteiger partial charge in [-0.25, -0.2) is 13.4 Å². The lowest BCUT2D eigenvalue weighted by Gasteiger charge is -2.24. The fourth-order valence-corrected chi connectivity index (χ4v) is 4.70. The maximum atomic E-state index is 13.5. The van der Waals surface area contributed by atoms with Crippen molar-refractivity contribution in [1.82, 2.24) is 9.97 Å². The molecule has 5 nitrogen and oxygen atoms in total. The van der Waals surface area contributed by atoms with E-state index in [0.717, 1.165) is 0 Å². The van der Waals surface area contributed by atoms with Gasteiger partial charge in [-0.05, 0) is 38.1 Å². The smallest absolute Gasteiger partial charge is 0.200 e. The minimum Gasteiger partial charge on any atom is -0.439 e. The first kappa shape index (κ1) is 18.9. The Morgan fingerprint density at radius 2 is 1.73 bits per heavy atom. The van der Waals surface area contributed by atoms with Crippen LogP contribution in [-0.4, -0.2) is 18.4 Å². The Morgan fingerprint density at radius 3 is 2.31 bits per heavy atom. The van der Waals surface area contributed by atoms with Crippen molar-refractivity contribution < 1.29 is 12.8 Å². The second kappa shape index (κ2) is 6.06. The monoisotopic (exact) mass is 392 g/mol. The molecule has 138 valence electrons. The van der Waals surface area contributed by atoms with Crippen LogP contribution in [0.25, 0.3) is 11.1 Å². The van der Waals surface area contributed by atoms with Crippen molar-refractivity contribution in [3.05, 3.63) is 53.1 Å². The van der Waals surface area contributed by atoms with Gasteiger partial charge in [0.15, 0.2) is 15.4 Å². The lowest BCUT2D eigenvalue weighted by Crippen LogP contribution is -2.30. The molecule has 0 atom stereocenters. The number of halogens is 1. The maximum absolute atomic E-state index is 13.5. The van der Waals surface area contributed by atoms with Crippen LogP contribution in [0.4, 0.5) is 0 Å². The third-order valence-corrected chi connectivity index (χ3v) is 7.25. The molecule has 0 aliphatic rings. The van der Waals surface area contributed by atoms with Crippen LogP contribution in [0, 0.1) is 0 Å². The molecule has 0 fully saturated rings. The van der Waals surface area contributed by atoms with Gasteiger partial charge in [0.25, 0.3) is 0 Å². The number of aromatic nitrogens is 2. The standard InChI is InChI=1S/C19H21ClN2O3S/c1-18(2,3)17-22-13-10-9-12(20)16(15(13)25-17)26(23,24)19(4,5)14-8-6-7-11-21-14/h6-11H,1-5H3. The lowest BCUT2D eigenvalue weighted by molar-refractivity contribution is 0.408. The molecule has 0 saturated carbocycles. The van der Waals surface area contributed by atoms with E-state index in [4.69, 9.17) is 16.0 Å². The zero-order valence-electron chi connectivity index (χ0n) is 15.4. The van der Waals surface area contributed by atoms with Crippen molar-refractivity contribution in [2.75, 3.05) is 0 Å². The first-order chi connectivity index (χ1) is 12.0. The number of hydrogen-bond acceptors (Lipinski definition) is 5. The van der Waals surface area contributed by atoms with Gasteiger partial charge >= 0.3 is 0 Å². The minimum absolute atomic E-state index is 0.0460. The SMILES string of the molecule is CC(C)(C)c1nc2ccc(Cl)c(S(=O)(=O)C(C)(C)c3ccccn3)c2o1. The molecule has 0 spiro atoms. The van der Waals surface area contributed by atoms with Crippen molar-refractivity contribution in [3.8, 4) is 0 Å². The molecule has 0 aliphatic heterocycles. The molecule has 2 aromatic heterocycles. The molecular weight excluding hydrogens is 372 g/mol. The summed E-state index contributed by atoms with van der Waals surface area (Å²) in [5.74, 6) is 0.460. The molecule has 0 aliphatic carbocycles. The number of hydrogen-bond donors (Lipinski definition) is 0. The molecule has 0 unspecified atom stereocenters. The highest BCUT2D eigenvalue weighted by Crippen LogP contribution is 2.41. The number of sulfone groups is 1. The molecule has 7 heteroatoms. The van der Waals surface area contributed by atoms with Gasteiger partial charge < -0.3 is 4.42 Å². The molecule has 0 bridgehead atoms. The summed E-state index contributed by atoms with van der Waals surface area (Å²) in [5.41, 5.74) is 0.730. The second-order valence-corrected chi connectivity index (χ2v) is 10.6. The van der Waals surface area contributed by atoms with Crippen LogP contribution >= 0.6 is 11.6 Å². The molecule has 3 rings (SSSR count). The number of fused-ring (bicyclic) bond motifs is 1. The summed E-state index contributed by atoms with van der Waals surface area (Å²) in [4.78, 5) is 8.63. The van der Waals surface area contributed by atoms with Crippen LogP contribution in [-0.2, 0) is 20.0 Å². The van der Waals surface area contributed by atoms with Crippen LogP contribution in [0.2, 0.25) is 5.02 Å². The van der Waals surface area contributed by atoms with E-state index in [1.807, 2.05) is 20.8 Å². The van der Waals surface area contributed by atoms with Gasteiger partial charge in [-0.2, -0.15) is 0 Å². The fourth-order valence-electron chi connectivity index (χ4n) is 2.63. The van der Waals surface area contributed by atoms with E-state index in [1.54, 1.807) is 50.4 Å². The number of oxazole rings is 1. The quantitative estimate of drug-likeness (QED) is 0.634. The van der Waals surface area contributed by atoms with E-state index >= 15 is 0 Å². The average Bonchev–Trinajstić information content (AvgIpc) is 2.99. The Morgan fingerprint density at radius 1 is 1.04 bits per heavy atom. The van der Waals surface area contributed by atoms with E-state index in [1.165, 1.54) is 0 Å². The zero-order valence-corrected chi connectivity index (χ0v) is 16.9. The Kier molecular flexibility index (Phi) is 4.40. The summed E-state index contributed by atoms with van der Waals surface area (Å²) in [6.45, 7) is 9.07. The number of rotatable bonds is 3. The topological polar surface area (TPSA) is 73.1 Å². The van der Waals surface area contributed by atoms with Crippen molar-refractivity contribution in [3.63, 3.8) is 0 Å². The van der Waals surface area contributed by atoms with Gasteiger partial charge in [0.1, 0.15) is 15.2 Å². The summed E-state index contributed by atoms with van der Waals surface area (Å²) in [6.07, 6.45) is 1.57. The van der Waals surface area contributed by atoms with E-state index in [9.17, 15) is 8.42 Å². The van der Waals surface area contributed by atoms with Crippen molar-refractivity contribution in [2.24, 2.45) is 0 Å². The second-order valence-electron chi connectivity index (χ2n) is 7.72. The summed E-state index contributed by atoms with van der Waals surface area (Å²) in [5, 5.41) is 0.109. The lowest BCUT2D eigenvalue weighted by atomic mass is 9.97. The van der Waals surface area contributed by atoms with Crippen molar-refractivity contribution >= 4 is 32.5 Å². The van der Waals surface area contributed by atoms with Gasteiger partial charge in [-0.15, -0.1) is 0 Å². The van der Waals surface area contributed by atoms with E-state index in [2.05, 4.69) is 9.97 Å². The molecular formula is C19H21ClN2O3S. The fraction of sp³-hybridized carbons (Fsp3) is 0.368. The molecule has 26 heavy (non-hydrogen) atoms. The van der Waals surface area contributed by atoms with E-state index < -0.39 is 14.6 Å². The van der Waals surface area contributed by atoms with Gasteiger partial charge in [0.05, 0.1) is 10.7 Å². The zero-order chi connectivity index (χ0) is 19.3. The van der Waals surface area contributed by atoms with Crippen LogP contribution < -0.4 is 0 Å². The highest BCUT2D eigenvalue weighted by Gasteiger charge is 2.42. The van der Waals surface area contributed by atoms with Gasteiger partial charge in [-0.1, -0.05) is 38.4 Å². The van der Waals surface area contributed by atoms with Gasteiger partial charge in [-0.3, -0.25) is 4.98 Å². The minimum atomic E-state index is -3.91. The summed E-state index contributed by atoms with van der Waals surface area (Å²) >= 11 is 6.32. The molecule has 3 aromatic rings. The highest BCUT2D eigenvalue weighted by atomic mass is 35.5. The van der Waals surface area contributed by atoms with Gasteiger partial charge in [0.2, 0.25) is 5.89 Å². The number of nitrogens with zero attached hydrogens (tertiary/aromatic N) is 2. The highest BCUT2D eigenvalue weighted by molar-refractivity contribution is 7.92. The van der Waals surface area contributed by atoms with E-state index in [-0.39, 0.29) is 20.9 Å². The maximum Gasteiger partial charge on any atom is 0.200 e. The van der Waals surface area contributed by atoms with Crippen LogP contribution in [0.15, 0.2) is 45.8 Å². The van der Waals surface area contributed by atoms with Crippen molar-refractivity contribution in [1.29, 1.82) is 0 Å². The van der Waals surface area contributed by atoms with Gasteiger partial charge in [0, 0.05) is 11.6 Å². The first-order valence-corrected chi connectivity index (χ1v) is 10.1. The largest absolute Gasteiger partial charge is 0.439 e. The molecule has 0 radical (unpaired) electrons. The van der Waals surface area contributed by atoms with Crippen LogP contribution in [0.1, 0.15) is 46.2 Å². The Labute approximate surface area is 158 Å². The molecule has 0 N–H and O–H groups in total. The summed E-state index contributed by atoms with van der Waals surface area (Å²) < 4.78 is 31.6. The number of pyridine rings is 1. The van der Waals surface area contributed by atoms with E-state index in [0.29, 0.717) is 17.1 Å². The average molecular weight is 393 g/mol. The van der Waals surface area contributed by atoms with Crippen molar-refractivity contribution in [2.45, 2.75) is 49.7 Å². The summed E-state index contributed by atoms with van der Waals surface area (Å²) in [6, 6.07) is 8.40. The molecule has 1 aromatic carbocycles. The molecule has 2 heterocycles. The Balaban J connectivity index is 2.30. The van der Waals surface area contributed by atoms with Crippen LogP contribution in [0.5, 0.6) is 0 Å². The van der Waals surface area contributed by atoms with Crippen LogP contribution in [0.3, 0.4) is 0 Å². The molecule has 0 amide bonds. The summed E-state index contributed by atoms with van der Waals surface area (Å²) in [7, 11) is -3.91. The Hall–Kier alpha value is -1.92. The number of benzene rings is 1. The Bertz CT molecular complexity index is 1070. The third kappa shape index (κ3) is 2.91. The first-order valence-electron chi connectivity index (χ1n) is 8.22. The predicted octanol–water partition coefficient (Wildman–Crippen LogP) is 4.88. The normalized spacial score (nSPS) is 13.3. The predicted molar refractivity (Wildman–Crippen MR) is 102 cm³/mol.